The summed E-state index contributed by atoms with van der Waals surface area (Å²) in [4.78, 5) is 11.1. The number of hydrogen-bond acceptors (Lipinski definition) is 4. The Hall–Kier alpha value is -1.27. The molecule has 0 aliphatic carbocycles. The summed E-state index contributed by atoms with van der Waals surface area (Å²) in [5.41, 5.74) is 0.859. The second kappa shape index (κ2) is 5.58. The molecule has 6 heteroatoms. The van der Waals surface area contributed by atoms with Crippen LogP contribution in [0.3, 0.4) is 0 Å². The summed E-state index contributed by atoms with van der Waals surface area (Å²) in [6, 6.07) is 3.68. The molecule has 1 unspecified atom stereocenters. The van der Waals surface area contributed by atoms with E-state index in [4.69, 9.17) is 14.2 Å². The SMILES string of the molecule is COc1cc(C2CNC(=O)CO2)c(OC)cc1Br. The number of benzene rings is 1. The molecule has 1 heterocycles. The van der Waals surface area contributed by atoms with Crippen molar-refractivity contribution < 1.29 is 19.0 Å². The Morgan fingerprint density at radius 3 is 2.61 bits per heavy atom. The van der Waals surface area contributed by atoms with Crippen LogP contribution in [0.1, 0.15) is 11.7 Å². The van der Waals surface area contributed by atoms with Crippen molar-refractivity contribution >= 4 is 21.8 Å². The number of carbonyl (C=O) groups excluding carboxylic acids is 1. The van der Waals surface area contributed by atoms with Gasteiger partial charge < -0.3 is 19.5 Å². The summed E-state index contributed by atoms with van der Waals surface area (Å²) in [7, 11) is 3.19. The van der Waals surface area contributed by atoms with Crippen LogP contribution in [-0.2, 0) is 9.53 Å². The molecule has 0 bridgehead atoms. The topological polar surface area (TPSA) is 56.8 Å². The fourth-order valence-electron chi connectivity index (χ4n) is 1.83. The van der Waals surface area contributed by atoms with E-state index in [1.165, 1.54) is 0 Å². The Morgan fingerprint density at radius 2 is 2.06 bits per heavy atom. The second-order valence-corrected chi connectivity index (χ2v) is 4.69. The van der Waals surface area contributed by atoms with Crippen molar-refractivity contribution in [1.82, 2.24) is 5.32 Å². The first-order valence-electron chi connectivity index (χ1n) is 5.45. The van der Waals surface area contributed by atoms with Crippen molar-refractivity contribution in [3.05, 3.63) is 22.2 Å². The van der Waals surface area contributed by atoms with Crippen LogP contribution >= 0.6 is 15.9 Å². The monoisotopic (exact) mass is 315 g/mol. The third kappa shape index (κ3) is 2.59. The van der Waals surface area contributed by atoms with E-state index in [9.17, 15) is 4.79 Å². The zero-order chi connectivity index (χ0) is 13.1. The molecule has 0 aromatic heterocycles. The van der Waals surface area contributed by atoms with Crippen LogP contribution in [0, 0.1) is 0 Å². The molecule has 1 aliphatic heterocycles. The maximum atomic E-state index is 11.1. The van der Waals surface area contributed by atoms with Crippen LogP contribution in [0.5, 0.6) is 11.5 Å². The average Bonchev–Trinajstić information content (AvgIpc) is 2.39. The van der Waals surface area contributed by atoms with Crippen LogP contribution < -0.4 is 14.8 Å². The Labute approximate surface area is 114 Å². The second-order valence-electron chi connectivity index (χ2n) is 3.83. The number of rotatable bonds is 3. The summed E-state index contributed by atoms with van der Waals surface area (Å²) in [6.45, 7) is 0.492. The number of morpholine rings is 1. The number of ether oxygens (including phenoxy) is 3. The van der Waals surface area contributed by atoms with Crippen molar-refractivity contribution in [2.45, 2.75) is 6.10 Å². The molecule has 18 heavy (non-hydrogen) atoms. The fraction of sp³-hybridized carbons (Fsp3) is 0.417. The van der Waals surface area contributed by atoms with Gasteiger partial charge in [-0.3, -0.25) is 4.79 Å². The largest absolute Gasteiger partial charge is 0.496 e. The molecule has 98 valence electrons. The highest BCUT2D eigenvalue weighted by Crippen LogP contribution is 2.37. The van der Waals surface area contributed by atoms with Gasteiger partial charge in [0.15, 0.2) is 0 Å². The highest BCUT2D eigenvalue weighted by Gasteiger charge is 2.24. The first kappa shape index (κ1) is 13.2. The van der Waals surface area contributed by atoms with Crippen LogP contribution in [-0.4, -0.2) is 33.3 Å². The number of methoxy groups -OCH3 is 2. The van der Waals surface area contributed by atoms with E-state index in [0.29, 0.717) is 18.0 Å². The van der Waals surface area contributed by atoms with Gasteiger partial charge in [0.1, 0.15) is 24.2 Å². The molecule has 0 saturated carbocycles. The summed E-state index contributed by atoms with van der Waals surface area (Å²) in [5.74, 6) is 1.30. The lowest BCUT2D eigenvalue weighted by Crippen LogP contribution is -2.38. The van der Waals surface area contributed by atoms with Crippen molar-refractivity contribution in [2.75, 3.05) is 27.4 Å². The van der Waals surface area contributed by atoms with Crippen molar-refractivity contribution in [2.24, 2.45) is 0 Å². The van der Waals surface area contributed by atoms with Gasteiger partial charge in [0.25, 0.3) is 0 Å². The molecule has 0 radical (unpaired) electrons. The summed E-state index contributed by atoms with van der Waals surface area (Å²) >= 11 is 3.40. The van der Waals surface area contributed by atoms with E-state index in [0.717, 1.165) is 10.0 Å². The van der Waals surface area contributed by atoms with E-state index in [2.05, 4.69) is 21.2 Å². The molecule has 1 fully saturated rings. The van der Waals surface area contributed by atoms with Gasteiger partial charge in [-0.05, 0) is 28.1 Å². The lowest BCUT2D eigenvalue weighted by Gasteiger charge is -2.25. The van der Waals surface area contributed by atoms with Crippen molar-refractivity contribution in [3.8, 4) is 11.5 Å². The molecule has 0 spiro atoms. The van der Waals surface area contributed by atoms with Gasteiger partial charge in [0.2, 0.25) is 5.91 Å². The minimum absolute atomic E-state index is 0.0617. The highest BCUT2D eigenvalue weighted by atomic mass is 79.9. The predicted octanol–water partition coefficient (Wildman–Crippen LogP) is 1.65. The third-order valence-corrected chi connectivity index (χ3v) is 3.37. The van der Waals surface area contributed by atoms with E-state index < -0.39 is 0 Å². The fourth-order valence-corrected chi connectivity index (χ4v) is 2.31. The van der Waals surface area contributed by atoms with Crippen LogP contribution in [0.25, 0.3) is 0 Å². The Kier molecular flexibility index (Phi) is 4.08. The molecule has 1 N–H and O–H groups in total. The minimum atomic E-state index is -0.223. The molecule has 1 aliphatic rings. The number of amides is 1. The zero-order valence-corrected chi connectivity index (χ0v) is 11.7. The zero-order valence-electron chi connectivity index (χ0n) is 10.2. The van der Waals surface area contributed by atoms with Gasteiger partial charge in [-0.1, -0.05) is 0 Å². The van der Waals surface area contributed by atoms with E-state index in [-0.39, 0.29) is 18.6 Å². The standard InChI is InChI=1S/C12H14BrNO4/c1-16-9-4-8(13)10(17-2)3-7(9)11-5-14-12(15)6-18-11/h3-4,11H,5-6H2,1-2H3,(H,14,15). The van der Waals surface area contributed by atoms with E-state index in [1.807, 2.05) is 12.1 Å². The van der Waals surface area contributed by atoms with E-state index in [1.54, 1.807) is 14.2 Å². The molecular formula is C12H14BrNO4. The molecule has 1 aromatic carbocycles. The molecule has 1 atom stereocenters. The highest BCUT2D eigenvalue weighted by molar-refractivity contribution is 9.10. The normalized spacial score (nSPS) is 19.3. The predicted molar refractivity (Wildman–Crippen MR) is 68.9 cm³/mol. The molecule has 5 nitrogen and oxygen atoms in total. The molecule has 1 aromatic rings. The number of hydrogen-bond donors (Lipinski definition) is 1. The number of carbonyl (C=O) groups is 1. The summed E-state index contributed by atoms with van der Waals surface area (Å²) in [5, 5.41) is 2.76. The molecule has 1 amide bonds. The van der Waals surface area contributed by atoms with Crippen molar-refractivity contribution in [3.63, 3.8) is 0 Å². The minimum Gasteiger partial charge on any atom is -0.496 e. The van der Waals surface area contributed by atoms with Gasteiger partial charge in [-0.25, -0.2) is 0 Å². The lowest BCUT2D eigenvalue weighted by molar-refractivity contribution is -0.133. The van der Waals surface area contributed by atoms with Crippen molar-refractivity contribution in [1.29, 1.82) is 0 Å². The number of halogens is 1. The summed E-state index contributed by atoms with van der Waals surface area (Å²) in [6.07, 6.45) is -0.223. The number of nitrogens with one attached hydrogen (secondary N) is 1. The van der Waals surface area contributed by atoms with Crippen LogP contribution in [0.2, 0.25) is 0 Å². The molecule has 2 rings (SSSR count). The maximum Gasteiger partial charge on any atom is 0.246 e. The van der Waals surface area contributed by atoms with Crippen LogP contribution in [0.4, 0.5) is 0 Å². The average molecular weight is 316 g/mol. The maximum absolute atomic E-state index is 11.1. The first-order chi connectivity index (χ1) is 8.65. The van der Waals surface area contributed by atoms with Gasteiger partial charge in [0.05, 0.1) is 18.7 Å². The van der Waals surface area contributed by atoms with E-state index >= 15 is 0 Å². The molecular weight excluding hydrogens is 302 g/mol. The van der Waals surface area contributed by atoms with Gasteiger partial charge in [-0.15, -0.1) is 0 Å². The Balaban J connectivity index is 2.33. The Morgan fingerprint density at radius 1 is 1.33 bits per heavy atom. The van der Waals surface area contributed by atoms with Gasteiger partial charge >= 0.3 is 0 Å². The molecule has 1 saturated heterocycles. The Bertz CT molecular complexity index is 454. The smallest absolute Gasteiger partial charge is 0.246 e. The van der Waals surface area contributed by atoms with Crippen LogP contribution in [0.15, 0.2) is 16.6 Å². The lowest BCUT2D eigenvalue weighted by atomic mass is 10.1. The summed E-state index contributed by atoms with van der Waals surface area (Å²) < 4.78 is 16.9. The van der Waals surface area contributed by atoms with Gasteiger partial charge in [-0.2, -0.15) is 0 Å². The quantitative estimate of drug-likeness (QED) is 0.921. The first-order valence-corrected chi connectivity index (χ1v) is 6.24. The third-order valence-electron chi connectivity index (χ3n) is 2.75. The van der Waals surface area contributed by atoms with Gasteiger partial charge in [0, 0.05) is 12.1 Å².